The molecule has 4 heteroatoms. The lowest BCUT2D eigenvalue weighted by Crippen LogP contribution is -2.44. The minimum Gasteiger partial charge on any atom is -0.370 e. The van der Waals surface area contributed by atoms with E-state index in [1.54, 1.807) is 0 Å². The molecule has 0 radical (unpaired) electrons. The fraction of sp³-hybridized carbons (Fsp3) is 0.409. The zero-order chi connectivity index (χ0) is 18.6. The Morgan fingerprint density at radius 2 is 1.85 bits per heavy atom. The van der Waals surface area contributed by atoms with Gasteiger partial charge >= 0.3 is 0 Å². The number of hydrogen-bond donors (Lipinski definition) is 3. The van der Waals surface area contributed by atoms with Gasteiger partial charge in [-0.15, -0.1) is 0 Å². The van der Waals surface area contributed by atoms with E-state index < -0.39 is 0 Å². The zero-order valence-corrected chi connectivity index (χ0v) is 16.0. The molecule has 0 aromatic heterocycles. The van der Waals surface area contributed by atoms with E-state index >= 15 is 0 Å². The largest absolute Gasteiger partial charge is 0.370 e. The topological polar surface area (TPSA) is 62.4 Å². The van der Waals surface area contributed by atoms with Crippen LogP contribution in [0.3, 0.4) is 0 Å². The minimum atomic E-state index is -0.153. The molecule has 3 rings (SSSR count). The average molecular weight is 351 g/mol. The second kappa shape index (κ2) is 7.92. The fourth-order valence-corrected chi connectivity index (χ4v) is 3.58. The first kappa shape index (κ1) is 18.5. The van der Waals surface area contributed by atoms with Gasteiger partial charge in [0.2, 0.25) is 0 Å². The van der Waals surface area contributed by atoms with Gasteiger partial charge in [0.05, 0.1) is 6.54 Å². The number of hydrogen-bond acceptors (Lipinski definition) is 2. The zero-order valence-electron chi connectivity index (χ0n) is 16.0. The van der Waals surface area contributed by atoms with Gasteiger partial charge in [-0.2, -0.15) is 0 Å². The number of guanidine groups is 1. The van der Waals surface area contributed by atoms with Crippen LogP contribution in [0.1, 0.15) is 49.9 Å². The fourth-order valence-electron chi connectivity index (χ4n) is 3.58. The SMILES string of the molecule is CC(NC(C)(C)CN=C(N)Nc1ccc2c(c1)CCC2)c1ccccc1. The van der Waals surface area contributed by atoms with Crippen molar-refractivity contribution in [3.8, 4) is 0 Å². The molecule has 1 aliphatic rings. The Hall–Kier alpha value is -2.33. The van der Waals surface area contributed by atoms with E-state index in [1.165, 1.54) is 29.5 Å². The lowest BCUT2D eigenvalue weighted by Gasteiger charge is -2.29. The van der Waals surface area contributed by atoms with Crippen molar-refractivity contribution in [2.24, 2.45) is 10.7 Å². The summed E-state index contributed by atoms with van der Waals surface area (Å²) in [5.74, 6) is 0.463. The first-order valence-electron chi connectivity index (χ1n) is 9.44. The van der Waals surface area contributed by atoms with Crippen LogP contribution in [0.2, 0.25) is 0 Å². The van der Waals surface area contributed by atoms with Crippen LogP contribution in [-0.4, -0.2) is 18.0 Å². The normalized spacial score (nSPS) is 15.6. The van der Waals surface area contributed by atoms with Gasteiger partial charge in [0.25, 0.3) is 0 Å². The van der Waals surface area contributed by atoms with Gasteiger partial charge in [0.1, 0.15) is 0 Å². The highest BCUT2D eigenvalue weighted by Crippen LogP contribution is 2.24. The number of aryl methyl sites for hydroxylation is 2. The first-order valence-corrected chi connectivity index (χ1v) is 9.44. The Labute approximate surface area is 156 Å². The van der Waals surface area contributed by atoms with E-state index in [4.69, 9.17) is 5.73 Å². The van der Waals surface area contributed by atoms with Gasteiger partial charge in [-0.25, -0.2) is 0 Å². The highest BCUT2D eigenvalue weighted by molar-refractivity contribution is 5.92. The third-order valence-electron chi connectivity index (χ3n) is 4.92. The van der Waals surface area contributed by atoms with E-state index in [9.17, 15) is 0 Å². The Morgan fingerprint density at radius 3 is 2.62 bits per heavy atom. The summed E-state index contributed by atoms with van der Waals surface area (Å²) in [5, 5.41) is 6.86. The molecular weight excluding hydrogens is 320 g/mol. The molecule has 0 bridgehead atoms. The quantitative estimate of drug-likeness (QED) is 0.544. The third kappa shape index (κ3) is 4.85. The van der Waals surface area contributed by atoms with Crippen LogP contribution in [0.15, 0.2) is 53.5 Å². The van der Waals surface area contributed by atoms with Crippen molar-refractivity contribution < 1.29 is 0 Å². The van der Waals surface area contributed by atoms with Crippen LogP contribution in [0.4, 0.5) is 5.69 Å². The molecule has 0 heterocycles. The van der Waals surface area contributed by atoms with Crippen LogP contribution in [0.25, 0.3) is 0 Å². The second-order valence-electron chi connectivity index (χ2n) is 7.82. The van der Waals surface area contributed by atoms with E-state index in [0.717, 1.165) is 12.1 Å². The highest BCUT2D eigenvalue weighted by Gasteiger charge is 2.20. The number of nitrogens with one attached hydrogen (secondary N) is 2. The van der Waals surface area contributed by atoms with Gasteiger partial charge in [-0.3, -0.25) is 4.99 Å². The standard InChI is InChI=1S/C22H30N4/c1-16(17-8-5-4-6-9-17)26-22(2,3)15-24-21(23)25-20-13-12-18-10-7-11-19(18)14-20/h4-6,8-9,12-14,16,26H,7,10-11,15H2,1-3H3,(H3,23,24,25). The summed E-state index contributed by atoms with van der Waals surface area (Å²) in [7, 11) is 0. The number of nitrogens with two attached hydrogens (primary N) is 1. The summed E-state index contributed by atoms with van der Waals surface area (Å²) in [4.78, 5) is 4.55. The molecular formula is C22H30N4. The van der Waals surface area contributed by atoms with Gasteiger partial charge in [0, 0.05) is 17.3 Å². The summed E-state index contributed by atoms with van der Waals surface area (Å²) in [6, 6.07) is 17.2. The van der Waals surface area contributed by atoms with Crippen molar-refractivity contribution in [3.05, 3.63) is 65.2 Å². The number of nitrogens with zero attached hydrogens (tertiary/aromatic N) is 1. The molecule has 0 fully saturated rings. The molecule has 0 saturated carbocycles. The van der Waals surface area contributed by atoms with Crippen molar-refractivity contribution in [1.82, 2.24) is 5.32 Å². The van der Waals surface area contributed by atoms with E-state index in [1.807, 2.05) is 6.07 Å². The smallest absolute Gasteiger partial charge is 0.193 e. The number of aliphatic imine (C=N–C) groups is 1. The van der Waals surface area contributed by atoms with E-state index in [2.05, 4.69) is 78.9 Å². The molecule has 1 atom stereocenters. The van der Waals surface area contributed by atoms with Crippen molar-refractivity contribution >= 4 is 11.6 Å². The van der Waals surface area contributed by atoms with E-state index in [0.29, 0.717) is 12.5 Å². The van der Waals surface area contributed by atoms with Crippen LogP contribution in [0.5, 0.6) is 0 Å². The summed E-state index contributed by atoms with van der Waals surface area (Å²) < 4.78 is 0. The van der Waals surface area contributed by atoms with Gasteiger partial charge < -0.3 is 16.4 Å². The number of benzene rings is 2. The molecule has 4 N–H and O–H groups in total. The number of rotatable bonds is 6. The van der Waals surface area contributed by atoms with Gasteiger partial charge in [-0.05, 0) is 68.9 Å². The van der Waals surface area contributed by atoms with Crippen molar-refractivity contribution in [2.45, 2.75) is 51.6 Å². The van der Waals surface area contributed by atoms with Gasteiger partial charge in [0.15, 0.2) is 5.96 Å². The monoisotopic (exact) mass is 350 g/mol. The minimum absolute atomic E-state index is 0.153. The van der Waals surface area contributed by atoms with Crippen molar-refractivity contribution in [1.29, 1.82) is 0 Å². The molecule has 1 unspecified atom stereocenters. The molecule has 138 valence electrons. The second-order valence-corrected chi connectivity index (χ2v) is 7.82. The molecule has 2 aromatic rings. The molecule has 0 spiro atoms. The average Bonchev–Trinajstić information content (AvgIpc) is 3.08. The molecule has 0 amide bonds. The molecule has 0 aliphatic heterocycles. The number of fused-ring (bicyclic) bond motifs is 1. The maximum absolute atomic E-state index is 6.11. The molecule has 2 aromatic carbocycles. The molecule has 4 nitrogen and oxygen atoms in total. The Morgan fingerprint density at radius 1 is 1.12 bits per heavy atom. The lowest BCUT2D eigenvalue weighted by molar-refractivity contribution is 0.357. The number of anilines is 1. The molecule has 0 saturated heterocycles. The molecule has 26 heavy (non-hydrogen) atoms. The van der Waals surface area contributed by atoms with Crippen LogP contribution >= 0.6 is 0 Å². The summed E-state index contributed by atoms with van der Waals surface area (Å²) in [6.45, 7) is 7.08. The maximum atomic E-state index is 6.11. The highest BCUT2D eigenvalue weighted by atomic mass is 15.1. The van der Waals surface area contributed by atoms with Crippen molar-refractivity contribution in [3.63, 3.8) is 0 Å². The summed E-state index contributed by atoms with van der Waals surface area (Å²) in [5.41, 5.74) is 11.1. The van der Waals surface area contributed by atoms with Crippen LogP contribution in [-0.2, 0) is 12.8 Å². The van der Waals surface area contributed by atoms with Crippen LogP contribution in [0, 0.1) is 0 Å². The molecule has 1 aliphatic carbocycles. The van der Waals surface area contributed by atoms with Crippen molar-refractivity contribution in [2.75, 3.05) is 11.9 Å². The summed E-state index contributed by atoms with van der Waals surface area (Å²) in [6.07, 6.45) is 3.61. The van der Waals surface area contributed by atoms with Crippen LogP contribution < -0.4 is 16.4 Å². The van der Waals surface area contributed by atoms with Gasteiger partial charge in [-0.1, -0.05) is 36.4 Å². The van der Waals surface area contributed by atoms with E-state index in [-0.39, 0.29) is 11.6 Å². The summed E-state index contributed by atoms with van der Waals surface area (Å²) >= 11 is 0. The predicted molar refractivity (Wildman–Crippen MR) is 111 cm³/mol. The Balaban J connectivity index is 1.57. The first-order chi connectivity index (χ1) is 12.4. The predicted octanol–water partition coefficient (Wildman–Crippen LogP) is 4.03. The Bertz CT molecular complexity index is 765. The Kier molecular flexibility index (Phi) is 5.62. The third-order valence-corrected chi connectivity index (χ3v) is 4.92. The lowest BCUT2D eigenvalue weighted by atomic mass is 10.0. The maximum Gasteiger partial charge on any atom is 0.193 e.